The molecule has 120 valence electrons. The average molecular weight is 308 g/mol. The Kier molecular flexibility index (Phi) is 4.87. The van der Waals surface area contributed by atoms with E-state index < -0.39 is 18.2 Å². The van der Waals surface area contributed by atoms with Gasteiger partial charge in [-0.25, -0.2) is 0 Å². The number of carbonyl (C=O) groups excluding carboxylic acids is 2. The Hall–Kier alpha value is -2.28. The van der Waals surface area contributed by atoms with Crippen molar-refractivity contribution in [1.82, 2.24) is 0 Å². The van der Waals surface area contributed by atoms with E-state index in [0.717, 1.165) is 0 Å². The van der Waals surface area contributed by atoms with Gasteiger partial charge in [0.1, 0.15) is 24.1 Å². The molecule has 0 aromatic heterocycles. The van der Waals surface area contributed by atoms with Crippen LogP contribution in [-0.2, 0) is 19.1 Å². The lowest BCUT2D eigenvalue weighted by molar-refractivity contribution is -0.149. The minimum absolute atomic E-state index is 0.220. The molecule has 1 heterocycles. The van der Waals surface area contributed by atoms with Gasteiger partial charge in [-0.15, -0.1) is 0 Å². The smallest absolute Gasteiger partial charge is 0.326 e. The van der Waals surface area contributed by atoms with E-state index >= 15 is 0 Å². The monoisotopic (exact) mass is 308 g/mol. The molecule has 2 N–H and O–H groups in total. The van der Waals surface area contributed by atoms with Gasteiger partial charge in [-0.2, -0.15) is 0 Å². The molecule has 0 saturated heterocycles. The number of nitrogens with two attached hydrogens (primary N) is 1. The number of fused-ring (bicyclic) bond motifs is 1. The number of nitrogen functional groups attached to an aromatic ring is 1. The lowest BCUT2D eigenvalue weighted by Gasteiger charge is -2.33. The maximum atomic E-state index is 12.3. The van der Waals surface area contributed by atoms with Gasteiger partial charge in [-0.05, 0) is 26.0 Å². The highest BCUT2D eigenvalue weighted by molar-refractivity contribution is 6.05. The lowest BCUT2D eigenvalue weighted by atomic mass is 10.1. The molecule has 22 heavy (non-hydrogen) atoms. The number of esters is 1. The third-order valence-corrected chi connectivity index (χ3v) is 3.24. The fraction of sp³-hybridized carbons (Fsp3) is 0.467. The van der Waals surface area contributed by atoms with Crippen molar-refractivity contribution in [1.29, 1.82) is 0 Å². The molecule has 7 heteroatoms. The van der Waals surface area contributed by atoms with E-state index in [1.807, 2.05) is 0 Å². The maximum absolute atomic E-state index is 12.3. The fourth-order valence-corrected chi connectivity index (χ4v) is 2.31. The van der Waals surface area contributed by atoms with Crippen LogP contribution in [0.4, 0.5) is 11.4 Å². The van der Waals surface area contributed by atoms with Crippen LogP contribution in [0.1, 0.15) is 13.8 Å². The van der Waals surface area contributed by atoms with Crippen molar-refractivity contribution in [2.75, 3.05) is 30.9 Å². The Labute approximate surface area is 128 Å². The Bertz CT molecular complexity index is 575. The predicted octanol–water partition coefficient (Wildman–Crippen LogP) is 0.961. The van der Waals surface area contributed by atoms with Gasteiger partial charge < -0.3 is 19.9 Å². The van der Waals surface area contributed by atoms with Gasteiger partial charge in [-0.1, -0.05) is 6.07 Å². The van der Waals surface area contributed by atoms with Crippen LogP contribution >= 0.6 is 0 Å². The van der Waals surface area contributed by atoms with E-state index in [0.29, 0.717) is 17.1 Å². The quantitative estimate of drug-likeness (QED) is 0.643. The van der Waals surface area contributed by atoms with Crippen molar-refractivity contribution in [3.63, 3.8) is 0 Å². The average Bonchev–Trinajstić information content (AvgIpc) is 2.44. The summed E-state index contributed by atoms with van der Waals surface area (Å²) in [7, 11) is 1.52. The Morgan fingerprint density at radius 1 is 1.50 bits per heavy atom. The highest BCUT2D eigenvalue weighted by Gasteiger charge is 2.34. The molecule has 0 fully saturated rings. The minimum atomic E-state index is -0.682. The van der Waals surface area contributed by atoms with Crippen LogP contribution in [0.5, 0.6) is 5.75 Å². The zero-order valence-corrected chi connectivity index (χ0v) is 12.9. The first-order chi connectivity index (χ1) is 10.4. The molecule has 0 radical (unpaired) electrons. The Morgan fingerprint density at radius 2 is 2.23 bits per heavy atom. The number of hydrogen-bond donors (Lipinski definition) is 1. The van der Waals surface area contributed by atoms with E-state index in [1.165, 1.54) is 12.0 Å². The van der Waals surface area contributed by atoms with Crippen LogP contribution in [0.3, 0.4) is 0 Å². The molecule has 2 atom stereocenters. The maximum Gasteiger partial charge on any atom is 0.326 e. The summed E-state index contributed by atoms with van der Waals surface area (Å²) >= 11 is 0. The third-order valence-electron chi connectivity index (χ3n) is 3.24. The molecule has 7 nitrogen and oxygen atoms in total. The summed E-state index contributed by atoms with van der Waals surface area (Å²) in [5, 5.41) is 0. The summed E-state index contributed by atoms with van der Waals surface area (Å²) < 4.78 is 15.6. The molecule has 1 amide bonds. The molecule has 2 rings (SSSR count). The van der Waals surface area contributed by atoms with Crippen molar-refractivity contribution in [3.8, 4) is 5.75 Å². The topological polar surface area (TPSA) is 91.1 Å². The van der Waals surface area contributed by atoms with Crippen molar-refractivity contribution < 1.29 is 23.8 Å². The molecule has 1 aromatic carbocycles. The third kappa shape index (κ3) is 3.30. The number of rotatable bonds is 5. The molecule has 0 saturated carbocycles. The second-order valence-electron chi connectivity index (χ2n) is 5.13. The summed E-state index contributed by atoms with van der Waals surface area (Å²) in [6.07, 6.45) is -1.07. The number of benzene rings is 1. The van der Waals surface area contributed by atoms with Crippen LogP contribution in [0, 0.1) is 0 Å². The minimum Gasteiger partial charge on any atom is -0.479 e. The van der Waals surface area contributed by atoms with Crippen LogP contribution in [0.2, 0.25) is 0 Å². The SMILES string of the molecule is COCC(C)OC(=O)CN1C(=O)C(C)Oc2cccc(N)c21. The van der Waals surface area contributed by atoms with Crippen LogP contribution in [-0.4, -0.2) is 44.3 Å². The van der Waals surface area contributed by atoms with Gasteiger partial charge in [0.15, 0.2) is 6.10 Å². The normalized spacial score (nSPS) is 18.4. The van der Waals surface area contributed by atoms with Gasteiger partial charge in [0.2, 0.25) is 0 Å². The Morgan fingerprint density at radius 3 is 2.91 bits per heavy atom. The predicted molar refractivity (Wildman–Crippen MR) is 80.7 cm³/mol. The second kappa shape index (κ2) is 6.65. The summed E-state index contributed by atoms with van der Waals surface area (Å²) in [5.41, 5.74) is 6.69. The molecule has 1 aliphatic heterocycles. The van der Waals surface area contributed by atoms with Crippen molar-refractivity contribution in [2.45, 2.75) is 26.1 Å². The number of anilines is 2. The summed E-state index contributed by atoms with van der Waals surface area (Å²) in [4.78, 5) is 25.6. The van der Waals surface area contributed by atoms with Crippen LogP contribution < -0.4 is 15.4 Å². The van der Waals surface area contributed by atoms with E-state index in [-0.39, 0.29) is 19.1 Å². The molecule has 1 aliphatic rings. The van der Waals surface area contributed by atoms with Gasteiger partial charge in [0, 0.05) is 7.11 Å². The van der Waals surface area contributed by atoms with Crippen LogP contribution in [0.25, 0.3) is 0 Å². The zero-order valence-electron chi connectivity index (χ0n) is 12.9. The molecule has 1 aromatic rings. The largest absolute Gasteiger partial charge is 0.479 e. The number of hydrogen-bond acceptors (Lipinski definition) is 6. The first-order valence-corrected chi connectivity index (χ1v) is 6.99. The van der Waals surface area contributed by atoms with Crippen LogP contribution in [0.15, 0.2) is 18.2 Å². The number of methoxy groups -OCH3 is 1. The van der Waals surface area contributed by atoms with E-state index in [4.69, 9.17) is 19.9 Å². The first-order valence-electron chi connectivity index (χ1n) is 6.99. The van der Waals surface area contributed by atoms with Gasteiger partial charge in [0.25, 0.3) is 5.91 Å². The number of carbonyl (C=O) groups is 2. The molecule has 0 bridgehead atoms. The fourth-order valence-electron chi connectivity index (χ4n) is 2.31. The van der Waals surface area contributed by atoms with Gasteiger partial charge in [-0.3, -0.25) is 14.5 Å². The first kappa shape index (κ1) is 16.1. The highest BCUT2D eigenvalue weighted by atomic mass is 16.6. The Balaban J connectivity index is 2.19. The van der Waals surface area contributed by atoms with E-state index in [2.05, 4.69) is 0 Å². The number of amides is 1. The molecule has 0 aliphatic carbocycles. The van der Waals surface area contributed by atoms with Gasteiger partial charge in [0.05, 0.1) is 12.3 Å². The van der Waals surface area contributed by atoms with E-state index in [1.54, 1.807) is 32.0 Å². The number of nitrogens with zero attached hydrogens (tertiary/aromatic N) is 1. The zero-order chi connectivity index (χ0) is 16.3. The van der Waals surface area contributed by atoms with Crippen molar-refractivity contribution in [2.24, 2.45) is 0 Å². The number of ether oxygens (including phenoxy) is 3. The summed E-state index contributed by atoms with van der Waals surface area (Å²) in [6.45, 7) is 3.41. The lowest BCUT2D eigenvalue weighted by Crippen LogP contribution is -2.47. The molecule has 0 spiro atoms. The van der Waals surface area contributed by atoms with Crippen molar-refractivity contribution >= 4 is 23.3 Å². The summed E-state index contributed by atoms with van der Waals surface area (Å²) in [5.74, 6) is -0.382. The standard InChI is InChI=1S/C15H20N2O5/c1-9(8-20-3)21-13(18)7-17-14-11(16)5-4-6-12(14)22-10(2)15(17)19/h4-6,9-10H,7-8,16H2,1-3H3. The summed E-state index contributed by atoms with van der Waals surface area (Å²) in [6, 6.07) is 5.09. The van der Waals surface area contributed by atoms with Crippen molar-refractivity contribution in [3.05, 3.63) is 18.2 Å². The highest BCUT2D eigenvalue weighted by Crippen LogP contribution is 2.38. The second-order valence-corrected chi connectivity index (χ2v) is 5.13. The van der Waals surface area contributed by atoms with Gasteiger partial charge >= 0.3 is 5.97 Å². The van der Waals surface area contributed by atoms with E-state index in [9.17, 15) is 9.59 Å². The number of para-hydroxylation sites is 1. The molecular formula is C15H20N2O5. The molecule has 2 unspecified atom stereocenters. The molecular weight excluding hydrogens is 288 g/mol.